The fraction of sp³-hybridized carbons (Fsp3) is 0.708. The third-order valence-corrected chi connectivity index (χ3v) is 7.14. The predicted octanol–water partition coefficient (Wildman–Crippen LogP) is 1.68. The van der Waals surface area contributed by atoms with Crippen LogP contribution in [0.25, 0.3) is 0 Å². The van der Waals surface area contributed by atoms with Crippen LogP contribution in [-0.4, -0.2) is 86.1 Å². The number of anilines is 1. The number of likely N-dealkylation sites (N-methyl/N-ethyl adjacent to an activating group) is 1. The Balaban J connectivity index is 1.28. The average molecular weight is 442 g/mol. The van der Waals surface area contributed by atoms with Gasteiger partial charge in [0.1, 0.15) is 5.82 Å². The van der Waals surface area contributed by atoms with Crippen LogP contribution in [0.15, 0.2) is 23.3 Å². The summed E-state index contributed by atoms with van der Waals surface area (Å²) in [7, 11) is 3.97. The number of guanidine groups is 1. The topological polar surface area (TPSA) is 76.1 Å². The molecule has 0 radical (unpaired) electrons. The van der Waals surface area contributed by atoms with Gasteiger partial charge in [-0.15, -0.1) is 0 Å². The van der Waals surface area contributed by atoms with Crippen molar-refractivity contribution in [2.45, 2.75) is 51.1 Å². The Labute approximate surface area is 192 Å². The summed E-state index contributed by atoms with van der Waals surface area (Å²) in [6.45, 7) is 6.41. The molecule has 176 valence electrons. The Morgan fingerprint density at radius 3 is 2.66 bits per heavy atom. The summed E-state index contributed by atoms with van der Waals surface area (Å²) in [5, 5.41) is 7.00. The lowest BCUT2D eigenvalue weighted by molar-refractivity contribution is -0.135. The Morgan fingerprint density at radius 2 is 1.91 bits per heavy atom. The summed E-state index contributed by atoms with van der Waals surface area (Å²) in [5.74, 6) is 2.46. The van der Waals surface area contributed by atoms with E-state index < -0.39 is 0 Å². The molecule has 1 aromatic heterocycles. The van der Waals surface area contributed by atoms with Crippen molar-refractivity contribution >= 4 is 17.7 Å². The number of carbonyl (C=O) groups excluding carboxylic acids is 1. The molecule has 1 amide bonds. The van der Waals surface area contributed by atoms with Crippen LogP contribution in [-0.2, 0) is 11.3 Å². The number of amides is 1. The van der Waals surface area contributed by atoms with Crippen LogP contribution in [0.1, 0.15) is 44.1 Å². The Hall–Kier alpha value is -2.35. The van der Waals surface area contributed by atoms with Gasteiger partial charge in [-0.1, -0.05) is 25.3 Å². The van der Waals surface area contributed by atoms with E-state index in [1.165, 1.54) is 24.8 Å². The highest BCUT2D eigenvalue weighted by atomic mass is 16.2. The molecule has 0 spiro atoms. The van der Waals surface area contributed by atoms with E-state index in [0.717, 1.165) is 70.3 Å². The van der Waals surface area contributed by atoms with Crippen molar-refractivity contribution in [1.82, 2.24) is 25.4 Å². The van der Waals surface area contributed by atoms with Gasteiger partial charge in [0.25, 0.3) is 0 Å². The van der Waals surface area contributed by atoms with Crippen molar-refractivity contribution in [3.63, 3.8) is 0 Å². The zero-order chi connectivity index (χ0) is 22.3. The van der Waals surface area contributed by atoms with Gasteiger partial charge >= 0.3 is 0 Å². The quantitative estimate of drug-likeness (QED) is 0.535. The van der Waals surface area contributed by atoms with Gasteiger partial charge in [-0.2, -0.15) is 0 Å². The molecule has 1 aliphatic carbocycles. The number of hydrogen-bond acceptors (Lipinski definition) is 5. The number of piperazine rings is 1. The Bertz CT molecular complexity index is 784. The molecular formula is C24H39N7O. The first-order valence-electron chi connectivity index (χ1n) is 12.3. The van der Waals surface area contributed by atoms with Gasteiger partial charge in [-0.05, 0) is 32.4 Å². The molecule has 2 saturated heterocycles. The number of nitrogens with one attached hydrogen (secondary N) is 2. The van der Waals surface area contributed by atoms with Gasteiger partial charge in [0.15, 0.2) is 5.96 Å². The maximum atomic E-state index is 12.9. The second-order valence-corrected chi connectivity index (χ2v) is 9.45. The van der Waals surface area contributed by atoms with Crippen molar-refractivity contribution < 1.29 is 4.79 Å². The Morgan fingerprint density at radius 1 is 1.12 bits per heavy atom. The monoisotopic (exact) mass is 441 g/mol. The highest BCUT2D eigenvalue weighted by Gasteiger charge is 2.31. The molecule has 1 aromatic rings. The van der Waals surface area contributed by atoms with E-state index in [4.69, 9.17) is 0 Å². The molecule has 3 heterocycles. The maximum Gasteiger partial charge on any atom is 0.225 e. The van der Waals surface area contributed by atoms with Gasteiger partial charge in [0, 0.05) is 76.6 Å². The summed E-state index contributed by atoms with van der Waals surface area (Å²) >= 11 is 0. The van der Waals surface area contributed by atoms with Crippen LogP contribution in [0.2, 0.25) is 0 Å². The number of pyridine rings is 1. The number of nitrogens with zero attached hydrogens (tertiary/aromatic N) is 5. The van der Waals surface area contributed by atoms with Crippen molar-refractivity contribution in [1.29, 1.82) is 0 Å². The lowest BCUT2D eigenvalue weighted by Crippen LogP contribution is -2.46. The van der Waals surface area contributed by atoms with Crippen molar-refractivity contribution in [2.75, 3.05) is 58.3 Å². The number of hydrogen-bond donors (Lipinski definition) is 2. The zero-order valence-corrected chi connectivity index (χ0v) is 19.7. The van der Waals surface area contributed by atoms with Crippen LogP contribution in [0.4, 0.5) is 5.82 Å². The SMILES string of the molecule is CN=C(NCc1cccnc1N1CCN(C)CC1)NC1CCN(C(=O)C2CCCCC2)C1. The zero-order valence-electron chi connectivity index (χ0n) is 19.7. The normalized spacial score (nSPS) is 23.4. The largest absolute Gasteiger partial charge is 0.354 e. The molecule has 2 N–H and O–H groups in total. The highest BCUT2D eigenvalue weighted by Crippen LogP contribution is 2.27. The van der Waals surface area contributed by atoms with Gasteiger partial charge in [0.2, 0.25) is 5.91 Å². The molecular weight excluding hydrogens is 402 g/mol. The predicted molar refractivity (Wildman–Crippen MR) is 129 cm³/mol. The molecule has 0 bridgehead atoms. The molecule has 0 aromatic carbocycles. The summed E-state index contributed by atoms with van der Waals surface area (Å²) in [4.78, 5) is 28.7. The fourth-order valence-corrected chi connectivity index (χ4v) is 5.12. The first kappa shape index (κ1) is 22.8. The van der Waals surface area contributed by atoms with E-state index in [9.17, 15) is 4.79 Å². The minimum absolute atomic E-state index is 0.249. The van der Waals surface area contributed by atoms with E-state index in [1.807, 2.05) is 12.3 Å². The second kappa shape index (κ2) is 11.0. The van der Waals surface area contributed by atoms with Crippen LogP contribution < -0.4 is 15.5 Å². The first-order chi connectivity index (χ1) is 15.6. The van der Waals surface area contributed by atoms with E-state index in [-0.39, 0.29) is 12.0 Å². The molecule has 8 heteroatoms. The minimum atomic E-state index is 0.249. The summed E-state index contributed by atoms with van der Waals surface area (Å²) < 4.78 is 0. The summed E-state index contributed by atoms with van der Waals surface area (Å²) in [5.41, 5.74) is 1.18. The van der Waals surface area contributed by atoms with Crippen molar-refractivity contribution in [3.8, 4) is 0 Å². The van der Waals surface area contributed by atoms with Crippen LogP contribution in [0.5, 0.6) is 0 Å². The standard InChI is InChI=1S/C24H39N7O/c1-25-24(28-21-10-12-31(18-21)23(32)19-7-4-3-5-8-19)27-17-20-9-6-11-26-22(20)30-15-13-29(2)14-16-30/h6,9,11,19,21H,3-5,7-8,10,12-18H2,1-2H3,(H2,25,27,28). The molecule has 1 saturated carbocycles. The van der Waals surface area contributed by atoms with Gasteiger partial charge in [0.05, 0.1) is 0 Å². The average Bonchev–Trinajstić information content (AvgIpc) is 3.31. The second-order valence-electron chi connectivity index (χ2n) is 9.45. The third kappa shape index (κ3) is 5.71. The highest BCUT2D eigenvalue weighted by molar-refractivity contribution is 5.81. The molecule has 3 aliphatic rings. The van der Waals surface area contributed by atoms with E-state index in [1.54, 1.807) is 7.05 Å². The van der Waals surface area contributed by atoms with Crippen molar-refractivity contribution in [3.05, 3.63) is 23.9 Å². The lowest BCUT2D eigenvalue weighted by Gasteiger charge is -2.34. The van der Waals surface area contributed by atoms with Crippen LogP contribution in [0, 0.1) is 5.92 Å². The molecule has 1 atom stereocenters. The Kier molecular flexibility index (Phi) is 7.84. The van der Waals surface area contributed by atoms with Gasteiger partial charge < -0.3 is 25.3 Å². The number of likely N-dealkylation sites (tertiary alicyclic amines) is 1. The molecule has 32 heavy (non-hydrogen) atoms. The smallest absolute Gasteiger partial charge is 0.225 e. The van der Waals surface area contributed by atoms with Gasteiger partial charge in [-0.3, -0.25) is 9.79 Å². The maximum absolute atomic E-state index is 12.9. The molecule has 2 aliphatic heterocycles. The van der Waals surface area contributed by atoms with E-state index in [0.29, 0.717) is 12.5 Å². The number of carbonyl (C=O) groups is 1. The minimum Gasteiger partial charge on any atom is -0.354 e. The fourth-order valence-electron chi connectivity index (χ4n) is 5.12. The number of rotatable bonds is 5. The summed E-state index contributed by atoms with van der Waals surface area (Å²) in [6, 6.07) is 4.39. The summed E-state index contributed by atoms with van der Waals surface area (Å²) in [6.07, 6.45) is 8.66. The molecule has 4 rings (SSSR count). The number of aromatic nitrogens is 1. The van der Waals surface area contributed by atoms with E-state index >= 15 is 0 Å². The molecule has 8 nitrogen and oxygen atoms in total. The lowest BCUT2D eigenvalue weighted by atomic mass is 9.88. The van der Waals surface area contributed by atoms with Crippen LogP contribution >= 0.6 is 0 Å². The van der Waals surface area contributed by atoms with E-state index in [2.05, 4.69) is 48.4 Å². The molecule has 1 unspecified atom stereocenters. The van der Waals surface area contributed by atoms with Crippen LogP contribution in [0.3, 0.4) is 0 Å². The van der Waals surface area contributed by atoms with Crippen molar-refractivity contribution in [2.24, 2.45) is 10.9 Å². The third-order valence-electron chi connectivity index (χ3n) is 7.14. The first-order valence-corrected chi connectivity index (χ1v) is 12.3. The molecule has 3 fully saturated rings. The number of aliphatic imine (C=N–C) groups is 1. The van der Waals surface area contributed by atoms with Gasteiger partial charge in [-0.25, -0.2) is 4.98 Å².